The maximum Gasteiger partial charge on any atom is 0.231 e. The Labute approximate surface area is 183 Å². The molecule has 31 heavy (non-hydrogen) atoms. The molecule has 1 amide bonds. The lowest BCUT2D eigenvalue weighted by atomic mass is 9.87. The van der Waals surface area contributed by atoms with Gasteiger partial charge in [-0.25, -0.2) is 9.97 Å². The van der Waals surface area contributed by atoms with Gasteiger partial charge in [0.15, 0.2) is 0 Å². The first-order valence-corrected chi connectivity index (χ1v) is 11.1. The third kappa shape index (κ3) is 4.10. The van der Waals surface area contributed by atoms with Gasteiger partial charge in [-0.05, 0) is 67.3 Å². The summed E-state index contributed by atoms with van der Waals surface area (Å²) in [7, 11) is 0. The first-order chi connectivity index (χ1) is 15.1. The molecule has 3 unspecified atom stereocenters. The number of nitrogens with two attached hydrogens (primary N) is 1. The molecule has 1 heterocycles. The van der Waals surface area contributed by atoms with Crippen molar-refractivity contribution in [3.05, 3.63) is 89.0 Å². The Kier molecular flexibility index (Phi) is 5.28. The molecule has 2 aliphatic rings. The molecule has 3 atom stereocenters. The van der Waals surface area contributed by atoms with Gasteiger partial charge in [0.25, 0.3) is 0 Å². The van der Waals surface area contributed by atoms with E-state index in [9.17, 15) is 4.79 Å². The summed E-state index contributed by atoms with van der Waals surface area (Å²) >= 11 is 0. The standard InChI is InChI=1S/C26H28N4O/c1-17-28-14-18(15-29-17)16-30(21-11-10-20-8-5-9-25(27)23(20)12-21)26(31)24-13-22(24)19-6-3-2-4-7-19/h2-4,6-7,10-12,14-15,22,24-25H,5,8-9,13,16,27H2,1H3. The van der Waals surface area contributed by atoms with Crippen LogP contribution in [-0.2, 0) is 17.8 Å². The summed E-state index contributed by atoms with van der Waals surface area (Å²) in [5.41, 5.74) is 12.0. The molecule has 1 aromatic heterocycles. The summed E-state index contributed by atoms with van der Waals surface area (Å²) in [5.74, 6) is 1.20. The van der Waals surface area contributed by atoms with Crippen LogP contribution < -0.4 is 10.6 Å². The zero-order valence-corrected chi connectivity index (χ0v) is 17.9. The van der Waals surface area contributed by atoms with E-state index >= 15 is 0 Å². The predicted octanol–water partition coefficient (Wildman–Crippen LogP) is 4.46. The predicted molar refractivity (Wildman–Crippen MR) is 122 cm³/mol. The number of hydrogen-bond acceptors (Lipinski definition) is 4. The van der Waals surface area contributed by atoms with E-state index in [4.69, 9.17) is 5.73 Å². The molecule has 5 heteroatoms. The van der Waals surface area contributed by atoms with Gasteiger partial charge in [0.05, 0.1) is 6.54 Å². The second-order valence-corrected chi connectivity index (χ2v) is 8.80. The fourth-order valence-electron chi connectivity index (χ4n) is 4.71. The lowest BCUT2D eigenvalue weighted by molar-refractivity contribution is -0.120. The summed E-state index contributed by atoms with van der Waals surface area (Å²) in [4.78, 5) is 24.2. The largest absolute Gasteiger partial charge is 0.324 e. The Bertz CT molecular complexity index is 1080. The van der Waals surface area contributed by atoms with Crippen molar-refractivity contribution in [2.45, 2.75) is 51.1 Å². The lowest BCUT2D eigenvalue weighted by Gasteiger charge is -2.27. The van der Waals surface area contributed by atoms with Crippen LogP contribution in [0.15, 0.2) is 60.9 Å². The average molecular weight is 413 g/mol. The normalized spacial score (nSPS) is 21.9. The summed E-state index contributed by atoms with van der Waals surface area (Å²) in [6, 6.07) is 16.7. The third-order valence-electron chi connectivity index (χ3n) is 6.58. The van der Waals surface area contributed by atoms with Gasteiger partial charge in [-0.2, -0.15) is 0 Å². The van der Waals surface area contributed by atoms with Crippen LogP contribution in [0.1, 0.15) is 59.3 Å². The maximum absolute atomic E-state index is 13.7. The Morgan fingerprint density at radius 2 is 1.90 bits per heavy atom. The van der Waals surface area contributed by atoms with Crippen LogP contribution in [-0.4, -0.2) is 15.9 Å². The SMILES string of the molecule is Cc1ncc(CN(C(=O)C2CC2c2ccccc2)c2ccc3c(c2)C(N)CCC3)cn1. The molecule has 0 radical (unpaired) electrons. The van der Waals surface area contributed by atoms with Gasteiger partial charge in [-0.3, -0.25) is 4.79 Å². The smallest absolute Gasteiger partial charge is 0.231 e. The van der Waals surface area contributed by atoms with Crippen molar-refractivity contribution < 1.29 is 4.79 Å². The summed E-state index contributed by atoms with van der Waals surface area (Å²) in [6.45, 7) is 2.33. The minimum absolute atomic E-state index is 0.0125. The molecule has 5 rings (SSSR count). The Morgan fingerprint density at radius 3 is 2.68 bits per heavy atom. The van der Waals surface area contributed by atoms with Crippen molar-refractivity contribution in [3.63, 3.8) is 0 Å². The minimum atomic E-state index is 0.0125. The zero-order chi connectivity index (χ0) is 21.4. The van der Waals surface area contributed by atoms with E-state index in [1.807, 2.05) is 42.4 Å². The zero-order valence-electron chi connectivity index (χ0n) is 17.9. The van der Waals surface area contributed by atoms with E-state index < -0.39 is 0 Å². The van der Waals surface area contributed by atoms with Gasteiger partial charge in [0, 0.05) is 35.6 Å². The van der Waals surface area contributed by atoms with E-state index in [2.05, 4.69) is 40.3 Å². The van der Waals surface area contributed by atoms with Crippen molar-refractivity contribution in [1.29, 1.82) is 0 Å². The second-order valence-electron chi connectivity index (χ2n) is 8.80. The number of nitrogens with zero attached hydrogens (tertiary/aromatic N) is 3. The van der Waals surface area contributed by atoms with Crippen molar-refractivity contribution in [2.75, 3.05) is 4.90 Å². The highest BCUT2D eigenvalue weighted by atomic mass is 16.2. The minimum Gasteiger partial charge on any atom is -0.324 e. The highest BCUT2D eigenvalue weighted by Gasteiger charge is 2.46. The fourth-order valence-corrected chi connectivity index (χ4v) is 4.71. The summed E-state index contributed by atoms with van der Waals surface area (Å²) in [5, 5.41) is 0. The molecule has 0 bridgehead atoms. The highest BCUT2D eigenvalue weighted by Crippen LogP contribution is 2.49. The van der Waals surface area contributed by atoms with Gasteiger partial charge in [0.1, 0.15) is 5.82 Å². The number of aryl methyl sites for hydroxylation is 2. The number of hydrogen-bond donors (Lipinski definition) is 1. The van der Waals surface area contributed by atoms with E-state index in [-0.39, 0.29) is 17.9 Å². The summed E-state index contributed by atoms with van der Waals surface area (Å²) in [6.07, 6.45) is 7.70. The quantitative estimate of drug-likeness (QED) is 0.672. The number of carbonyl (C=O) groups is 1. The number of aromatic nitrogens is 2. The van der Waals surface area contributed by atoms with Gasteiger partial charge < -0.3 is 10.6 Å². The van der Waals surface area contributed by atoms with Crippen LogP contribution in [0.4, 0.5) is 5.69 Å². The molecule has 0 saturated heterocycles. The van der Waals surface area contributed by atoms with E-state index in [1.165, 1.54) is 16.7 Å². The molecular formula is C26H28N4O. The molecule has 5 nitrogen and oxygen atoms in total. The molecule has 158 valence electrons. The number of benzene rings is 2. The van der Waals surface area contributed by atoms with E-state index in [1.54, 1.807) is 0 Å². The number of rotatable bonds is 5. The average Bonchev–Trinajstić information content (AvgIpc) is 3.60. The van der Waals surface area contributed by atoms with E-state index in [0.29, 0.717) is 12.5 Å². The molecule has 2 aromatic carbocycles. The second kappa shape index (κ2) is 8.23. The van der Waals surface area contributed by atoms with Crippen molar-refractivity contribution in [3.8, 4) is 0 Å². The monoisotopic (exact) mass is 412 g/mol. The molecular weight excluding hydrogens is 384 g/mol. The molecule has 1 fully saturated rings. The van der Waals surface area contributed by atoms with Crippen LogP contribution in [0.2, 0.25) is 0 Å². The van der Waals surface area contributed by atoms with Gasteiger partial charge in [-0.15, -0.1) is 0 Å². The third-order valence-corrected chi connectivity index (χ3v) is 6.58. The number of anilines is 1. The molecule has 0 aliphatic heterocycles. The van der Waals surface area contributed by atoms with Crippen molar-refractivity contribution in [1.82, 2.24) is 9.97 Å². The van der Waals surface area contributed by atoms with Gasteiger partial charge >= 0.3 is 0 Å². The van der Waals surface area contributed by atoms with Crippen molar-refractivity contribution >= 4 is 11.6 Å². The molecule has 0 spiro atoms. The first kappa shape index (κ1) is 19.9. The Hall–Kier alpha value is -3.05. The number of amides is 1. The van der Waals surface area contributed by atoms with Gasteiger partial charge in [0.2, 0.25) is 5.91 Å². The molecule has 3 aromatic rings. The lowest BCUT2D eigenvalue weighted by Crippen LogP contribution is -2.32. The van der Waals surface area contributed by atoms with Crippen LogP contribution >= 0.6 is 0 Å². The fraction of sp³-hybridized carbons (Fsp3) is 0.346. The number of fused-ring (bicyclic) bond motifs is 1. The molecule has 1 saturated carbocycles. The Morgan fingerprint density at radius 1 is 1.13 bits per heavy atom. The Balaban J connectivity index is 1.46. The first-order valence-electron chi connectivity index (χ1n) is 11.1. The molecule has 2 aliphatic carbocycles. The van der Waals surface area contributed by atoms with Crippen LogP contribution in [0.25, 0.3) is 0 Å². The highest BCUT2D eigenvalue weighted by molar-refractivity contribution is 5.97. The molecule has 2 N–H and O–H groups in total. The van der Waals surface area contributed by atoms with Crippen LogP contribution in [0.5, 0.6) is 0 Å². The van der Waals surface area contributed by atoms with E-state index in [0.717, 1.165) is 42.8 Å². The van der Waals surface area contributed by atoms with Crippen LogP contribution in [0, 0.1) is 12.8 Å². The topological polar surface area (TPSA) is 72.1 Å². The van der Waals surface area contributed by atoms with Gasteiger partial charge in [-0.1, -0.05) is 36.4 Å². The van der Waals surface area contributed by atoms with Crippen LogP contribution in [0.3, 0.4) is 0 Å². The number of carbonyl (C=O) groups excluding carboxylic acids is 1. The maximum atomic E-state index is 13.7. The summed E-state index contributed by atoms with van der Waals surface area (Å²) < 4.78 is 0. The van der Waals surface area contributed by atoms with Crippen molar-refractivity contribution in [2.24, 2.45) is 11.7 Å².